The van der Waals surface area contributed by atoms with E-state index in [1.54, 1.807) is 24.3 Å². The summed E-state index contributed by atoms with van der Waals surface area (Å²) >= 11 is 0. The average molecular weight is 411 g/mol. The number of hydrogen-bond donors (Lipinski definition) is 2. The molecule has 0 fully saturated rings. The van der Waals surface area contributed by atoms with Crippen molar-refractivity contribution in [1.82, 2.24) is 9.97 Å². The van der Waals surface area contributed by atoms with Gasteiger partial charge in [0.25, 0.3) is 5.91 Å². The van der Waals surface area contributed by atoms with E-state index in [0.29, 0.717) is 17.1 Å². The highest BCUT2D eigenvalue weighted by molar-refractivity contribution is 5.91. The molecule has 1 amide bonds. The van der Waals surface area contributed by atoms with Gasteiger partial charge in [-0.3, -0.25) is 4.79 Å². The van der Waals surface area contributed by atoms with Crippen molar-refractivity contribution in [2.24, 2.45) is 0 Å². The minimum absolute atomic E-state index is 0.122. The zero-order valence-corrected chi connectivity index (χ0v) is 16.7. The minimum atomic E-state index is -0.350. The predicted octanol–water partition coefficient (Wildman–Crippen LogP) is 4.59. The molecule has 1 heterocycles. The van der Waals surface area contributed by atoms with Gasteiger partial charge in [-0.2, -0.15) is 0 Å². The third kappa shape index (κ3) is 5.32. The number of carbonyl (C=O) groups is 1. The van der Waals surface area contributed by atoms with Gasteiger partial charge in [-0.1, -0.05) is 72.8 Å². The summed E-state index contributed by atoms with van der Waals surface area (Å²) in [4.78, 5) is 21.0. The molecule has 0 radical (unpaired) electrons. The summed E-state index contributed by atoms with van der Waals surface area (Å²) in [5.74, 6) is 0.297. The maximum Gasteiger partial charge on any atom is 0.250 e. The number of hydrogen-bond acceptors (Lipinski definition) is 5. The first kappa shape index (κ1) is 20.3. The zero-order valence-electron chi connectivity index (χ0n) is 16.7. The van der Waals surface area contributed by atoms with Crippen LogP contribution in [0.2, 0.25) is 0 Å². The highest BCUT2D eigenvalue weighted by atomic mass is 16.5. The fraction of sp³-hybridized carbons (Fsp3) is 0.0800. The van der Waals surface area contributed by atoms with Crippen molar-refractivity contribution in [3.05, 3.63) is 108 Å². The number of carbonyl (C=O) groups excluding carboxylic acids is 1. The fourth-order valence-corrected chi connectivity index (χ4v) is 3.18. The number of nitrogens with one attached hydrogen (secondary N) is 1. The fourth-order valence-electron chi connectivity index (χ4n) is 3.18. The molecule has 6 heteroatoms. The molecule has 0 bridgehead atoms. The highest BCUT2D eigenvalue weighted by Gasteiger charge is 2.16. The number of nitrogens with zero attached hydrogens (tertiary/aromatic N) is 2. The van der Waals surface area contributed by atoms with Crippen LogP contribution < -0.4 is 5.32 Å². The second-order valence-corrected chi connectivity index (χ2v) is 6.91. The number of phenolic OH excluding ortho intramolecular Hbond substituents is 1. The number of aromatic hydroxyl groups is 1. The van der Waals surface area contributed by atoms with E-state index in [4.69, 9.17) is 4.74 Å². The van der Waals surface area contributed by atoms with E-state index in [-0.39, 0.29) is 24.4 Å². The van der Waals surface area contributed by atoms with Gasteiger partial charge in [-0.15, -0.1) is 0 Å². The largest absolute Gasteiger partial charge is 0.508 e. The van der Waals surface area contributed by atoms with Crippen LogP contribution in [0.3, 0.4) is 0 Å². The standard InChI is InChI=1S/C25H21N3O3/c29-22-13-7-12-20(14-22)25-26-15-21(16-27-25)28-23(30)17-31-24(18-8-3-1-4-9-18)19-10-5-2-6-11-19/h1-16,24,29H,17H2,(H,28,30). The van der Waals surface area contributed by atoms with Gasteiger partial charge in [0.15, 0.2) is 5.82 Å². The number of anilines is 1. The minimum Gasteiger partial charge on any atom is -0.508 e. The molecule has 3 aromatic carbocycles. The maximum absolute atomic E-state index is 12.5. The lowest BCUT2D eigenvalue weighted by Gasteiger charge is -2.18. The first-order valence-corrected chi connectivity index (χ1v) is 9.82. The van der Waals surface area contributed by atoms with Crippen molar-refractivity contribution >= 4 is 11.6 Å². The number of benzene rings is 3. The molecule has 0 aliphatic carbocycles. The summed E-state index contributed by atoms with van der Waals surface area (Å²) in [5, 5.41) is 12.3. The molecule has 4 aromatic rings. The molecular weight excluding hydrogens is 390 g/mol. The highest BCUT2D eigenvalue weighted by Crippen LogP contribution is 2.26. The van der Waals surface area contributed by atoms with Gasteiger partial charge in [-0.05, 0) is 23.3 Å². The van der Waals surface area contributed by atoms with Crippen molar-refractivity contribution in [3.8, 4) is 17.1 Å². The van der Waals surface area contributed by atoms with Crippen molar-refractivity contribution in [2.75, 3.05) is 11.9 Å². The van der Waals surface area contributed by atoms with Gasteiger partial charge in [0.05, 0.1) is 18.1 Å². The smallest absolute Gasteiger partial charge is 0.250 e. The number of aromatic nitrogens is 2. The summed E-state index contributed by atoms with van der Waals surface area (Å²) in [6.45, 7) is -0.122. The van der Waals surface area contributed by atoms with E-state index in [1.165, 1.54) is 12.4 Å². The molecule has 4 rings (SSSR count). The van der Waals surface area contributed by atoms with E-state index in [0.717, 1.165) is 11.1 Å². The first-order valence-electron chi connectivity index (χ1n) is 9.82. The molecule has 0 spiro atoms. The Bertz CT molecular complexity index is 1090. The zero-order chi connectivity index (χ0) is 21.5. The van der Waals surface area contributed by atoms with Crippen LogP contribution in [0.1, 0.15) is 17.2 Å². The molecular formula is C25H21N3O3. The Morgan fingerprint density at radius 3 is 2.06 bits per heavy atom. The monoisotopic (exact) mass is 411 g/mol. The topological polar surface area (TPSA) is 84.3 Å². The molecule has 1 aromatic heterocycles. The molecule has 0 aliphatic heterocycles. The number of amides is 1. The van der Waals surface area contributed by atoms with Crippen LogP contribution in [0.25, 0.3) is 11.4 Å². The summed E-state index contributed by atoms with van der Waals surface area (Å²) in [7, 11) is 0. The summed E-state index contributed by atoms with van der Waals surface area (Å²) < 4.78 is 5.97. The van der Waals surface area contributed by atoms with Crippen LogP contribution in [0.4, 0.5) is 5.69 Å². The van der Waals surface area contributed by atoms with Crippen LogP contribution in [-0.4, -0.2) is 27.6 Å². The van der Waals surface area contributed by atoms with Crippen molar-refractivity contribution in [1.29, 1.82) is 0 Å². The van der Waals surface area contributed by atoms with Gasteiger partial charge in [0, 0.05) is 5.56 Å². The normalized spacial score (nSPS) is 10.7. The van der Waals surface area contributed by atoms with Crippen LogP contribution >= 0.6 is 0 Å². The number of phenols is 1. The van der Waals surface area contributed by atoms with E-state index < -0.39 is 0 Å². The van der Waals surface area contributed by atoms with Gasteiger partial charge in [0.2, 0.25) is 0 Å². The van der Waals surface area contributed by atoms with E-state index in [2.05, 4.69) is 15.3 Å². The Labute approximate surface area is 180 Å². The molecule has 0 atom stereocenters. The Morgan fingerprint density at radius 1 is 0.871 bits per heavy atom. The van der Waals surface area contributed by atoms with Crippen LogP contribution in [0.15, 0.2) is 97.3 Å². The van der Waals surface area contributed by atoms with Crippen molar-refractivity contribution < 1.29 is 14.6 Å². The van der Waals surface area contributed by atoms with Gasteiger partial charge in [-0.25, -0.2) is 9.97 Å². The summed E-state index contributed by atoms with van der Waals surface area (Å²) in [6, 6.07) is 26.2. The number of rotatable bonds is 7. The molecule has 0 saturated carbocycles. The maximum atomic E-state index is 12.5. The van der Waals surface area contributed by atoms with Crippen molar-refractivity contribution in [3.63, 3.8) is 0 Å². The molecule has 0 aliphatic rings. The average Bonchev–Trinajstić information content (AvgIpc) is 2.81. The lowest BCUT2D eigenvalue weighted by molar-refractivity contribution is -0.121. The summed E-state index contributed by atoms with van der Waals surface area (Å²) in [5.41, 5.74) is 3.10. The predicted molar refractivity (Wildman–Crippen MR) is 118 cm³/mol. The second-order valence-electron chi connectivity index (χ2n) is 6.91. The van der Waals surface area contributed by atoms with Gasteiger partial charge in [0.1, 0.15) is 18.5 Å². The molecule has 0 saturated heterocycles. The third-order valence-corrected chi connectivity index (χ3v) is 4.63. The van der Waals surface area contributed by atoms with Crippen LogP contribution in [0.5, 0.6) is 5.75 Å². The number of ether oxygens (including phenoxy) is 1. The Morgan fingerprint density at radius 2 is 1.48 bits per heavy atom. The first-order chi connectivity index (χ1) is 15.2. The van der Waals surface area contributed by atoms with Crippen LogP contribution in [0, 0.1) is 0 Å². The Balaban J connectivity index is 1.41. The van der Waals surface area contributed by atoms with E-state index >= 15 is 0 Å². The lowest BCUT2D eigenvalue weighted by Crippen LogP contribution is -2.21. The van der Waals surface area contributed by atoms with Gasteiger partial charge >= 0.3 is 0 Å². The van der Waals surface area contributed by atoms with E-state index in [1.807, 2.05) is 60.7 Å². The van der Waals surface area contributed by atoms with Crippen molar-refractivity contribution in [2.45, 2.75) is 6.10 Å². The Kier molecular flexibility index (Phi) is 6.30. The molecule has 0 unspecified atom stereocenters. The SMILES string of the molecule is O=C(COC(c1ccccc1)c1ccccc1)Nc1cnc(-c2cccc(O)c2)nc1. The lowest BCUT2D eigenvalue weighted by atomic mass is 10.0. The third-order valence-electron chi connectivity index (χ3n) is 4.63. The Hall–Kier alpha value is -4.03. The van der Waals surface area contributed by atoms with E-state index in [9.17, 15) is 9.90 Å². The molecule has 154 valence electrons. The van der Waals surface area contributed by atoms with Crippen LogP contribution in [-0.2, 0) is 9.53 Å². The second kappa shape index (κ2) is 9.65. The van der Waals surface area contributed by atoms with Gasteiger partial charge < -0.3 is 15.2 Å². The molecule has 2 N–H and O–H groups in total. The molecule has 31 heavy (non-hydrogen) atoms. The molecule has 6 nitrogen and oxygen atoms in total. The summed E-state index contributed by atoms with van der Waals surface area (Å²) in [6.07, 6.45) is 2.70. The quantitative estimate of drug-likeness (QED) is 0.465.